The minimum atomic E-state index is -0.309. The van der Waals surface area contributed by atoms with Crippen molar-refractivity contribution in [2.75, 3.05) is 5.73 Å². The fraction of sp³-hybridized carbons (Fsp3) is 0.154. The van der Waals surface area contributed by atoms with Crippen molar-refractivity contribution < 1.29 is 4.39 Å². The van der Waals surface area contributed by atoms with E-state index in [1.807, 2.05) is 0 Å². The zero-order valence-electron chi connectivity index (χ0n) is 11.0. The maximum absolute atomic E-state index is 12.9. The SMILES string of the molecule is Cn1c(N)nc2c(nc(Br)n2Cc2ccc(F)cc2)c1=O. The number of halogens is 2. The molecule has 0 bridgehead atoms. The second-order valence-electron chi connectivity index (χ2n) is 4.60. The average Bonchev–Trinajstić information content (AvgIpc) is 2.76. The second kappa shape index (κ2) is 4.96. The summed E-state index contributed by atoms with van der Waals surface area (Å²) in [6.07, 6.45) is 0. The van der Waals surface area contributed by atoms with E-state index in [4.69, 9.17) is 5.73 Å². The standard InChI is InChI=1S/C13H11BrFN5O/c1-19-11(21)9-10(18-13(19)16)20(12(14)17-9)6-7-2-4-8(15)5-3-7/h2-5H,6H2,1H3,(H2,16,18). The summed E-state index contributed by atoms with van der Waals surface area (Å²) in [6, 6.07) is 6.09. The van der Waals surface area contributed by atoms with E-state index in [0.717, 1.165) is 5.56 Å². The molecule has 6 nitrogen and oxygen atoms in total. The van der Waals surface area contributed by atoms with Crippen LogP contribution in [0.25, 0.3) is 11.2 Å². The van der Waals surface area contributed by atoms with Gasteiger partial charge in [-0.2, -0.15) is 4.98 Å². The van der Waals surface area contributed by atoms with E-state index in [1.165, 1.54) is 23.7 Å². The molecule has 0 aliphatic rings. The molecule has 2 aromatic heterocycles. The van der Waals surface area contributed by atoms with Crippen LogP contribution in [-0.4, -0.2) is 19.1 Å². The smallest absolute Gasteiger partial charge is 0.282 e. The Bertz CT molecular complexity index is 884. The van der Waals surface area contributed by atoms with Crippen molar-refractivity contribution in [3.8, 4) is 0 Å². The van der Waals surface area contributed by atoms with Gasteiger partial charge in [-0.05, 0) is 33.6 Å². The Hall–Kier alpha value is -2.22. The van der Waals surface area contributed by atoms with Crippen LogP contribution >= 0.6 is 15.9 Å². The Morgan fingerprint density at radius 3 is 2.62 bits per heavy atom. The fourth-order valence-corrected chi connectivity index (χ4v) is 2.50. The predicted octanol–water partition coefficient (Wildman–Crippen LogP) is 1.66. The molecule has 0 atom stereocenters. The van der Waals surface area contributed by atoms with Crippen molar-refractivity contribution in [3.63, 3.8) is 0 Å². The summed E-state index contributed by atoms with van der Waals surface area (Å²) < 4.78 is 16.4. The van der Waals surface area contributed by atoms with E-state index in [9.17, 15) is 9.18 Å². The minimum absolute atomic E-state index is 0.111. The zero-order valence-corrected chi connectivity index (χ0v) is 12.6. The van der Waals surface area contributed by atoms with Gasteiger partial charge in [0, 0.05) is 7.05 Å². The molecule has 0 saturated carbocycles. The number of hydrogen-bond acceptors (Lipinski definition) is 4. The molecular weight excluding hydrogens is 341 g/mol. The first-order chi connectivity index (χ1) is 9.97. The highest BCUT2D eigenvalue weighted by atomic mass is 79.9. The molecule has 0 amide bonds. The maximum Gasteiger partial charge on any atom is 0.282 e. The molecule has 0 unspecified atom stereocenters. The first-order valence-electron chi connectivity index (χ1n) is 6.10. The number of imidazole rings is 1. The van der Waals surface area contributed by atoms with Crippen LogP contribution in [0.4, 0.5) is 10.3 Å². The van der Waals surface area contributed by atoms with E-state index >= 15 is 0 Å². The van der Waals surface area contributed by atoms with Gasteiger partial charge in [-0.25, -0.2) is 9.37 Å². The van der Waals surface area contributed by atoms with Crippen molar-refractivity contribution in [3.05, 3.63) is 50.7 Å². The van der Waals surface area contributed by atoms with Crippen LogP contribution in [0.1, 0.15) is 5.56 Å². The first kappa shape index (κ1) is 13.7. The summed E-state index contributed by atoms with van der Waals surface area (Å²) in [5.74, 6) is -0.190. The summed E-state index contributed by atoms with van der Waals surface area (Å²) in [5.41, 5.74) is 6.91. The Morgan fingerprint density at radius 1 is 1.29 bits per heavy atom. The lowest BCUT2D eigenvalue weighted by Crippen LogP contribution is -2.22. The van der Waals surface area contributed by atoms with Gasteiger partial charge in [0.1, 0.15) is 5.82 Å². The highest BCUT2D eigenvalue weighted by Gasteiger charge is 2.16. The molecule has 0 saturated heterocycles. The molecule has 0 aliphatic carbocycles. The molecule has 3 rings (SSSR count). The van der Waals surface area contributed by atoms with Crippen LogP contribution in [0.15, 0.2) is 33.8 Å². The van der Waals surface area contributed by atoms with Crippen molar-refractivity contribution in [2.24, 2.45) is 7.05 Å². The molecule has 2 heterocycles. The molecule has 0 radical (unpaired) electrons. The molecule has 2 N–H and O–H groups in total. The number of hydrogen-bond donors (Lipinski definition) is 1. The topological polar surface area (TPSA) is 78.7 Å². The summed E-state index contributed by atoms with van der Waals surface area (Å²) in [6.45, 7) is 0.400. The lowest BCUT2D eigenvalue weighted by molar-refractivity contribution is 0.626. The van der Waals surface area contributed by atoms with E-state index in [0.29, 0.717) is 16.9 Å². The number of nitrogens with two attached hydrogens (primary N) is 1. The minimum Gasteiger partial charge on any atom is -0.369 e. The third-order valence-electron chi connectivity index (χ3n) is 3.22. The number of aromatic nitrogens is 4. The molecule has 21 heavy (non-hydrogen) atoms. The van der Waals surface area contributed by atoms with Gasteiger partial charge in [0.2, 0.25) is 5.95 Å². The largest absolute Gasteiger partial charge is 0.369 e. The molecule has 0 fully saturated rings. The number of nitrogens with zero attached hydrogens (tertiary/aromatic N) is 4. The number of anilines is 1. The molecule has 108 valence electrons. The average molecular weight is 352 g/mol. The molecule has 8 heteroatoms. The van der Waals surface area contributed by atoms with Gasteiger partial charge in [0.05, 0.1) is 6.54 Å². The maximum atomic E-state index is 12.9. The number of nitrogen functional groups attached to an aromatic ring is 1. The van der Waals surface area contributed by atoms with Crippen LogP contribution in [0.2, 0.25) is 0 Å². The molecule has 0 aliphatic heterocycles. The van der Waals surface area contributed by atoms with E-state index in [-0.39, 0.29) is 22.8 Å². The van der Waals surface area contributed by atoms with Crippen LogP contribution in [0, 0.1) is 5.82 Å². The van der Waals surface area contributed by atoms with Crippen LogP contribution < -0.4 is 11.3 Å². The Labute approximate surface area is 127 Å². The first-order valence-corrected chi connectivity index (χ1v) is 6.89. The predicted molar refractivity (Wildman–Crippen MR) is 80.4 cm³/mol. The number of benzene rings is 1. The van der Waals surface area contributed by atoms with E-state index in [2.05, 4.69) is 25.9 Å². The van der Waals surface area contributed by atoms with Gasteiger partial charge >= 0.3 is 0 Å². The summed E-state index contributed by atoms with van der Waals surface area (Å²) in [5, 5.41) is 0. The number of fused-ring (bicyclic) bond motifs is 1. The number of rotatable bonds is 2. The van der Waals surface area contributed by atoms with Crippen molar-refractivity contribution in [1.82, 2.24) is 19.1 Å². The van der Waals surface area contributed by atoms with Gasteiger partial charge in [0.25, 0.3) is 5.56 Å². The molecular formula is C13H11BrFN5O. The zero-order chi connectivity index (χ0) is 15.1. The highest BCUT2D eigenvalue weighted by Crippen LogP contribution is 2.19. The lowest BCUT2D eigenvalue weighted by Gasteiger charge is -2.07. The van der Waals surface area contributed by atoms with E-state index in [1.54, 1.807) is 16.7 Å². The molecule has 3 aromatic rings. The monoisotopic (exact) mass is 351 g/mol. The third kappa shape index (κ3) is 2.31. The summed E-state index contributed by atoms with van der Waals surface area (Å²) in [7, 11) is 1.54. The molecule has 1 aromatic carbocycles. The Balaban J connectivity index is 2.16. The normalized spacial score (nSPS) is 11.2. The van der Waals surface area contributed by atoms with Crippen molar-refractivity contribution in [2.45, 2.75) is 6.54 Å². The quantitative estimate of drug-likeness (QED) is 0.712. The van der Waals surface area contributed by atoms with Crippen LogP contribution in [0.5, 0.6) is 0 Å². The second-order valence-corrected chi connectivity index (χ2v) is 5.31. The van der Waals surface area contributed by atoms with Gasteiger partial charge < -0.3 is 5.73 Å². The summed E-state index contributed by atoms with van der Waals surface area (Å²) >= 11 is 3.31. The Kier molecular flexibility index (Phi) is 3.25. The Morgan fingerprint density at radius 2 is 1.95 bits per heavy atom. The van der Waals surface area contributed by atoms with Gasteiger partial charge in [-0.15, -0.1) is 0 Å². The summed E-state index contributed by atoms with van der Waals surface area (Å²) in [4.78, 5) is 20.5. The fourth-order valence-electron chi connectivity index (χ4n) is 2.03. The lowest BCUT2D eigenvalue weighted by atomic mass is 10.2. The van der Waals surface area contributed by atoms with Gasteiger partial charge in [0.15, 0.2) is 15.9 Å². The third-order valence-corrected chi connectivity index (χ3v) is 3.82. The van der Waals surface area contributed by atoms with Gasteiger partial charge in [-0.1, -0.05) is 12.1 Å². The van der Waals surface area contributed by atoms with Crippen LogP contribution in [-0.2, 0) is 13.6 Å². The van der Waals surface area contributed by atoms with Crippen molar-refractivity contribution in [1.29, 1.82) is 0 Å². The van der Waals surface area contributed by atoms with Crippen molar-refractivity contribution >= 4 is 33.0 Å². The molecule has 0 spiro atoms. The van der Waals surface area contributed by atoms with Gasteiger partial charge in [-0.3, -0.25) is 13.9 Å². The van der Waals surface area contributed by atoms with E-state index < -0.39 is 0 Å². The van der Waals surface area contributed by atoms with Crippen LogP contribution in [0.3, 0.4) is 0 Å². The highest BCUT2D eigenvalue weighted by molar-refractivity contribution is 9.10.